The molecule has 0 fully saturated rings. The van der Waals surface area contributed by atoms with E-state index in [0.717, 1.165) is 17.5 Å². The number of nitrogens with one attached hydrogen (secondary N) is 1. The van der Waals surface area contributed by atoms with Crippen LogP contribution in [-0.4, -0.2) is 12.1 Å². The molecule has 0 aliphatic heterocycles. The molecule has 3 nitrogen and oxygen atoms in total. The third kappa shape index (κ3) is 4.55. The molecule has 0 atom stereocenters. The summed E-state index contributed by atoms with van der Waals surface area (Å²) in [5, 5.41) is 4.08. The number of amides is 1. The first-order valence-electron chi connectivity index (χ1n) is 7.50. The fourth-order valence-corrected chi connectivity index (χ4v) is 2.52. The van der Waals surface area contributed by atoms with Gasteiger partial charge < -0.3 is 0 Å². The van der Waals surface area contributed by atoms with Crippen LogP contribution >= 0.6 is 0 Å². The van der Waals surface area contributed by atoms with Crippen molar-refractivity contribution in [2.45, 2.75) is 33.6 Å². The first-order valence-corrected chi connectivity index (χ1v) is 7.50. The first kappa shape index (κ1) is 16.0. The fourth-order valence-electron chi connectivity index (χ4n) is 2.52. The smallest absolute Gasteiger partial charge is 0.240 e. The van der Waals surface area contributed by atoms with E-state index in [1.807, 2.05) is 30.3 Å². The lowest BCUT2D eigenvalue weighted by molar-refractivity contribution is -0.121. The summed E-state index contributed by atoms with van der Waals surface area (Å²) in [5.74, 6) is -0.0671. The first-order chi connectivity index (χ1) is 10.6. The third-order valence-corrected chi connectivity index (χ3v) is 3.60. The summed E-state index contributed by atoms with van der Waals surface area (Å²) in [5.41, 5.74) is 8.39. The van der Waals surface area contributed by atoms with Crippen molar-refractivity contribution in [3.63, 3.8) is 0 Å². The zero-order chi connectivity index (χ0) is 15.9. The molecule has 2 aromatic carbocycles. The van der Waals surface area contributed by atoms with E-state index in [0.29, 0.717) is 6.42 Å². The van der Waals surface area contributed by atoms with Gasteiger partial charge in [0.2, 0.25) is 5.91 Å². The van der Waals surface area contributed by atoms with Crippen LogP contribution in [-0.2, 0) is 11.2 Å². The van der Waals surface area contributed by atoms with Crippen molar-refractivity contribution in [1.82, 2.24) is 5.43 Å². The maximum absolute atomic E-state index is 11.8. The van der Waals surface area contributed by atoms with E-state index >= 15 is 0 Å². The zero-order valence-corrected chi connectivity index (χ0v) is 13.4. The Morgan fingerprint density at radius 3 is 2.36 bits per heavy atom. The Bertz CT molecular complexity index is 652. The predicted octanol–water partition coefficient (Wildman–Crippen LogP) is 3.69. The van der Waals surface area contributed by atoms with Crippen molar-refractivity contribution < 1.29 is 4.79 Å². The van der Waals surface area contributed by atoms with E-state index in [9.17, 15) is 4.79 Å². The topological polar surface area (TPSA) is 41.5 Å². The molecule has 0 aromatic heterocycles. The van der Waals surface area contributed by atoms with Gasteiger partial charge in [-0.25, -0.2) is 5.43 Å². The second-order valence-electron chi connectivity index (χ2n) is 5.59. The molecule has 2 rings (SSSR count). The van der Waals surface area contributed by atoms with E-state index in [2.05, 4.69) is 43.4 Å². The van der Waals surface area contributed by atoms with Gasteiger partial charge in [0.05, 0.1) is 6.21 Å². The molecule has 3 heteroatoms. The van der Waals surface area contributed by atoms with Crippen LogP contribution in [0.5, 0.6) is 0 Å². The van der Waals surface area contributed by atoms with Crippen molar-refractivity contribution in [1.29, 1.82) is 0 Å². The van der Waals surface area contributed by atoms with Gasteiger partial charge in [0.25, 0.3) is 0 Å². The number of carbonyl (C=O) groups is 1. The number of benzene rings is 2. The van der Waals surface area contributed by atoms with Crippen LogP contribution in [0.4, 0.5) is 0 Å². The standard InChI is InChI=1S/C19H22N2O/c1-14-11-15(2)18(16(3)12-14)13-20-21-19(22)10-9-17-7-5-4-6-8-17/h4-8,11-13H,9-10H2,1-3H3,(H,21,22)/b20-13+. The molecule has 1 amide bonds. The molecule has 0 heterocycles. The Morgan fingerprint density at radius 1 is 1.09 bits per heavy atom. The molecule has 0 bridgehead atoms. The lowest BCUT2D eigenvalue weighted by Crippen LogP contribution is -2.18. The SMILES string of the molecule is Cc1cc(C)c(/C=N/NC(=O)CCc2ccccc2)c(C)c1. The minimum Gasteiger partial charge on any atom is -0.273 e. The number of aryl methyl sites for hydroxylation is 4. The highest BCUT2D eigenvalue weighted by molar-refractivity contribution is 5.85. The van der Waals surface area contributed by atoms with Crippen molar-refractivity contribution in [2.24, 2.45) is 5.10 Å². The van der Waals surface area contributed by atoms with E-state index in [-0.39, 0.29) is 5.91 Å². The van der Waals surface area contributed by atoms with Gasteiger partial charge in [-0.1, -0.05) is 48.0 Å². The second kappa shape index (κ2) is 7.55. The van der Waals surface area contributed by atoms with E-state index in [1.165, 1.54) is 16.7 Å². The van der Waals surface area contributed by atoms with Gasteiger partial charge in [-0.3, -0.25) is 4.79 Å². The predicted molar refractivity (Wildman–Crippen MR) is 91.2 cm³/mol. The van der Waals surface area contributed by atoms with E-state index in [4.69, 9.17) is 0 Å². The number of rotatable bonds is 5. The Balaban J connectivity index is 1.88. The lowest BCUT2D eigenvalue weighted by Gasteiger charge is -2.06. The van der Waals surface area contributed by atoms with Gasteiger partial charge >= 0.3 is 0 Å². The molecule has 0 saturated heterocycles. The Hall–Kier alpha value is -2.42. The lowest BCUT2D eigenvalue weighted by atomic mass is 10.0. The van der Waals surface area contributed by atoms with Crippen molar-refractivity contribution >= 4 is 12.1 Å². The van der Waals surface area contributed by atoms with Crippen LogP contribution in [0.2, 0.25) is 0 Å². The Morgan fingerprint density at radius 2 is 1.73 bits per heavy atom. The second-order valence-corrected chi connectivity index (χ2v) is 5.59. The van der Waals surface area contributed by atoms with Gasteiger partial charge in [0.15, 0.2) is 0 Å². The summed E-state index contributed by atoms with van der Waals surface area (Å²) in [6.07, 6.45) is 2.89. The quantitative estimate of drug-likeness (QED) is 0.663. The van der Waals surface area contributed by atoms with Crippen LogP contribution < -0.4 is 5.43 Å². The number of hydrogen-bond donors (Lipinski definition) is 1. The average molecular weight is 294 g/mol. The average Bonchev–Trinajstić information content (AvgIpc) is 2.49. The van der Waals surface area contributed by atoms with Crippen LogP contribution in [0.25, 0.3) is 0 Å². The van der Waals surface area contributed by atoms with E-state index in [1.54, 1.807) is 6.21 Å². The molecule has 1 N–H and O–H groups in total. The van der Waals surface area contributed by atoms with Crippen LogP contribution in [0, 0.1) is 20.8 Å². The minimum absolute atomic E-state index is 0.0671. The molecular weight excluding hydrogens is 272 g/mol. The summed E-state index contributed by atoms with van der Waals surface area (Å²) in [6, 6.07) is 14.2. The highest BCUT2D eigenvalue weighted by Gasteiger charge is 2.03. The van der Waals surface area contributed by atoms with Crippen molar-refractivity contribution in [3.05, 3.63) is 70.3 Å². The highest BCUT2D eigenvalue weighted by Crippen LogP contribution is 2.14. The molecule has 0 radical (unpaired) electrons. The maximum atomic E-state index is 11.8. The van der Waals surface area contributed by atoms with Crippen molar-refractivity contribution in [3.8, 4) is 0 Å². The normalized spacial score (nSPS) is 10.9. The largest absolute Gasteiger partial charge is 0.273 e. The number of carbonyl (C=O) groups excluding carboxylic acids is 1. The van der Waals surface area contributed by atoms with Gasteiger partial charge in [-0.05, 0) is 43.9 Å². The number of nitrogens with zero attached hydrogens (tertiary/aromatic N) is 1. The fraction of sp³-hybridized carbons (Fsp3) is 0.263. The van der Waals surface area contributed by atoms with Gasteiger partial charge in [0, 0.05) is 12.0 Å². The molecule has 114 valence electrons. The molecule has 0 aliphatic carbocycles. The van der Waals surface area contributed by atoms with Gasteiger partial charge in [-0.15, -0.1) is 0 Å². The van der Waals surface area contributed by atoms with Crippen molar-refractivity contribution in [2.75, 3.05) is 0 Å². The monoisotopic (exact) mass is 294 g/mol. The summed E-state index contributed by atoms with van der Waals surface area (Å²) < 4.78 is 0. The molecule has 0 saturated carbocycles. The Labute approximate surface area is 132 Å². The van der Waals surface area contributed by atoms with Gasteiger partial charge in [-0.2, -0.15) is 5.10 Å². The summed E-state index contributed by atoms with van der Waals surface area (Å²) in [7, 11) is 0. The molecule has 0 aliphatic rings. The van der Waals surface area contributed by atoms with Gasteiger partial charge in [0.1, 0.15) is 0 Å². The zero-order valence-electron chi connectivity index (χ0n) is 13.4. The van der Waals surface area contributed by atoms with E-state index < -0.39 is 0 Å². The highest BCUT2D eigenvalue weighted by atomic mass is 16.2. The van der Waals surface area contributed by atoms with Crippen LogP contribution in [0.1, 0.15) is 34.2 Å². The molecular formula is C19H22N2O. The van der Waals surface area contributed by atoms with Crippen LogP contribution in [0.15, 0.2) is 47.6 Å². The molecule has 2 aromatic rings. The minimum atomic E-state index is -0.0671. The third-order valence-electron chi connectivity index (χ3n) is 3.60. The number of hydrazone groups is 1. The van der Waals surface area contributed by atoms with Crippen LogP contribution in [0.3, 0.4) is 0 Å². The molecule has 0 unspecified atom stereocenters. The number of hydrogen-bond acceptors (Lipinski definition) is 2. The molecule has 22 heavy (non-hydrogen) atoms. The summed E-state index contributed by atoms with van der Waals surface area (Å²) >= 11 is 0. The Kier molecular flexibility index (Phi) is 5.48. The summed E-state index contributed by atoms with van der Waals surface area (Å²) in [4.78, 5) is 11.8. The molecule has 0 spiro atoms. The summed E-state index contributed by atoms with van der Waals surface area (Å²) in [6.45, 7) is 6.18. The maximum Gasteiger partial charge on any atom is 0.240 e.